The molecule has 2 N–H and O–H groups in total. The SMILES string of the molecule is CC(C)CNC(=O)CCN=C1NC(C(C)C)CS1. The summed E-state index contributed by atoms with van der Waals surface area (Å²) in [5.41, 5.74) is 0. The number of nitrogens with zero attached hydrogens (tertiary/aromatic N) is 1. The van der Waals surface area contributed by atoms with E-state index in [1.54, 1.807) is 11.8 Å². The van der Waals surface area contributed by atoms with Gasteiger partial charge in [0, 0.05) is 24.8 Å². The third kappa shape index (κ3) is 5.76. The van der Waals surface area contributed by atoms with Crippen LogP contribution in [-0.4, -0.2) is 36.0 Å². The molecule has 4 nitrogen and oxygen atoms in total. The number of nitrogens with one attached hydrogen (secondary N) is 2. The minimum atomic E-state index is 0.0939. The number of amides is 1. The standard InChI is InChI=1S/C13H25N3OS/c1-9(2)7-15-12(17)5-6-14-13-16-11(8-18-13)10(3)4/h9-11H,5-8H2,1-4H3,(H,14,16)(H,15,17). The van der Waals surface area contributed by atoms with E-state index < -0.39 is 0 Å². The number of aliphatic imine (C=N–C) groups is 1. The van der Waals surface area contributed by atoms with E-state index >= 15 is 0 Å². The van der Waals surface area contributed by atoms with Crippen LogP contribution in [0.5, 0.6) is 0 Å². The first-order chi connectivity index (χ1) is 8.49. The lowest BCUT2D eigenvalue weighted by Gasteiger charge is -2.13. The van der Waals surface area contributed by atoms with Crippen LogP contribution >= 0.6 is 11.8 Å². The van der Waals surface area contributed by atoms with Crippen LogP contribution in [0, 0.1) is 11.8 Å². The minimum Gasteiger partial charge on any atom is -0.361 e. The summed E-state index contributed by atoms with van der Waals surface area (Å²) in [6.07, 6.45) is 0.477. The summed E-state index contributed by atoms with van der Waals surface area (Å²) in [5.74, 6) is 2.30. The molecule has 0 aliphatic carbocycles. The second-order valence-corrected chi connectivity index (χ2v) is 6.45. The Morgan fingerprint density at radius 2 is 2.22 bits per heavy atom. The van der Waals surface area contributed by atoms with Crippen molar-refractivity contribution in [2.24, 2.45) is 16.8 Å². The highest BCUT2D eigenvalue weighted by molar-refractivity contribution is 8.14. The van der Waals surface area contributed by atoms with Crippen molar-refractivity contribution in [3.05, 3.63) is 0 Å². The maximum absolute atomic E-state index is 11.5. The third-order valence-electron chi connectivity index (χ3n) is 2.81. The van der Waals surface area contributed by atoms with Gasteiger partial charge in [-0.3, -0.25) is 9.79 Å². The van der Waals surface area contributed by atoms with E-state index in [9.17, 15) is 4.79 Å². The second-order valence-electron chi connectivity index (χ2n) is 5.44. The van der Waals surface area contributed by atoms with Crippen molar-refractivity contribution in [1.82, 2.24) is 10.6 Å². The molecular weight excluding hydrogens is 246 g/mol. The lowest BCUT2D eigenvalue weighted by atomic mass is 10.1. The molecule has 0 saturated carbocycles. The molecule has 1 unspecified atom stereocenters. The minimum absolute atomic E-state index is 0.0939. The number of carbonyl (C=O) groups excluding carboxylic acids is 1. The quantitative estimate of drug-likeness (QED) is 0.775. The van der Waals surface area contributed by atoms with Crippen LogP contribution in [0.4, 0.5) is 0 Å². The van der Waals surface area contributed by atoms with Crippen molar-refractivity contribution in [2.75, 3.05) is 18.8 Å². The predicted octanol–water partition coefficient (Wildman–Crippen LogP) is 1.87. The molecule has 1 amide bonds. The molecule has 5 heteroatoms. The average molecular weight is 271 g/mol. The van der Waals surface area contributed by atoms with Gasteiger partial charge in [-0.25, -0.2) is 0 Å². The number of hydrogen-bond donors (Lipinski definition) is 2. The molecule has 0 spiro atoms. The van der Waals surface area contributed by atoms with Crippen LogP contribution in [0.1, 0.15) is 34.1 Å². The molecule has 18 heavy (non-hydrogen) atoms. The van der Waals surface area contributed by atoms with E-state index in [1.807, 2.05) is 0 Å². The summed E-state index contributed by atoms with van der Waals surface area (Å²) in [6.45, 7) is 9.92. The topological polar surface area (TPSA) is 53.5 Å². The van der Waals surface area contributed by atoms with Gasteiger partial charge in [0.15, 0.2) is 5.17 Å². The second kappa shape index (κ2) is 7.67. The summed E-state index contributed by atoms with van der Waals surface area (Å²) in [7, 11) is 0. The largest absolute Gasteiger partial charge is 0.361 e. The first kappa shape index (κ1) is 15.3. The summed E-state index contributed by atoms with van der Waals surface area (Å²) >= 11 is 1.76. The van der Waals surface area contributed by atoms with Crippen molar-refractivity contribution < 1.29 is 4.79 Å². The number of rotatable bonds is 6. The molecule has 1 aliphatic heterocycles. The van der Waals surface area contributed by atoms with Gasteiger partial charge in [0.2, 0.25) is 5.91 Å². The molecule has 0 aromatic heterocycles. The van der Waals surface area contributed by atoms with E-state index in [2.05, 4.69) is 43.3 Å². The van der Waals surface area contributed by atoms with Gasteiger partial charge in [-0.1, -0.05) is 39.5 Å². The summed E-state index contributed by atoms with van der Waals surface area (Å²) in [6, 6.07) is 0.517. The predicted molar refractivity (Wildman–Crippen MR) is 79.0 cm³/mol. The molecule has 0 radical (unpaired) electrons. The number of hydrogen-bond acceptors (Lipinski definition) is 3. The molecular formula is C13H25N3OS. The van der Waals surface area contributed by atoms with Crippen LogP contribution < -0.4 is 10.6 Å². The summed E-state index contributed by atoms with van der Waals surface area (Å²) in [5, 5.41) is 7.29. The Labute approximate surface area is 114 Å². The maximum atomic E-state index is 11.5. The Balaban J connectivity index is 2.19. The number of carbonyl (C=O) groups is 1. The zero-order valence-corrected chi connectivity index (χ0v) is 12.6. The van der Waals surface area contributed by atoms with Gasteiger partial charge in [-0.05, 0) is 11.8 Å². The van der Waals surface area contributed by atoms with Crippen molar-refractivity contribution in [3.8, 4) is 0 Å². The fourth-order valence-corrected chi connectivity index (χ4v) is 2.75. The van der Waals surface area contributed by atoms with E-state index in [-0.39, 0.29) is 5.91 Å². The highest BCUT2D eigenvalue weighted by atomic mass is 32.2. The van der Waals surface area contributed by atoms with Gasteiger partial charge in [0.1, 0.15) is 0 Å². The van der Waals surface area contributed by atoms with E-state index in [0.29, 0.717) is 30.8 Å². The van der Waals surface area contributed by atoms with Crippen LogP contribution in [-0.2, 0) is 4.79 Å². The highest BCUT2D eigenvalue weighted by Gasteiger charge is 2.22. The first-order valence-electron chi connectivity index (χ1n) is 6.69. The molecule has 1 aliphatic rings. The molecule has 1 heterocycles. The molecule has 1 rings (SSSR count). The van der Waals surface area contributed by atoms with Gasteiger partial charge < -0.3 is 10.6 Å². The third-order valence-corrected chi connectivity index (χ3v) is 3.86. The van der Waals surface area contributed by atoms with Crippen molar-refractivity contribution in [1.29, 1.82) is 0 Å². The Kier molecular flexibility index (Phi) is 6.54. The Bertz CT molecular complexity index is 303. The Hall–Kier alpha value is -0.710. The first-order valence-corrected chi connectivity index (χ1v) is 7.68. The lowest BCUT2D eigenvalue weighted by molar-refractivity contribution is -0.121. The molecule has 0 aromatic carbocycles. The fourth-order valence-electron chi connectivity index (χ4n) is 1.53. The molecule has 104 valence electrons. The highest BCUT2D eigenvalue weighted by Crippen LogP contribution is 2.18. The normalized spacial score (nSPS) is 21.7. The zero-order chi connectivity index (χ0) is 13.5. The smallest absolute Gasteiger partial charge is 0.221 e. The zero-order valence-electron chi connectivity index (χ0n) is 11.8. The van der Waals surface area contributed by atoms with Crippen LogP contribution in [0.25, 0.3) is 0 Å². The van der Waals surface area contributed by atoms with Gasteiger partial charge in [0.25, 0.3) is 0 Å². The van der Waals surface area contributed by atoms with E-state index in [0.717, 1.165) is 17.5 Å². The molecule has 1 atom stereocenters. The maximum Gasteiger partial charge on any atom is 0.221 e. The van der Waals surface area contributed by atoms with Gasteiger partial charge in [-0.15, -0.1) is 0 Å². The molecule has 1 fully saturated rings. The Morgan fingerprint density at radius 3 is 2.78 bits per heavy atom. The molecule has 0 aromatic rings. The average Bonchev–Trinajstić information content (AvgIpc) is 2.75. The number of thioether (sulfide) groups is 1. The van der Waals surface area contributed by atoms with Crippen LogP contribution in [0.3, 0.4) is 0 Å². The van der Waals surface area contributed by atoms with Gasteiger partial charge in [-0.2, -0.15) is 0 Å². The van der Waals surface area contributed by atoms with Crippen LogP contribution in [0.15, 0.2) is 4.99 Å². The lowest BCUT2D eigenvalue weighted by Crippen LogP contribution is -2.32. The number of amidine groups is 1. The van der Waals surface area contributed by atoms with Crippen molar-refractivity contribution >= 4 is 22.8 Å². The molecule has 1 saturated heterocycles. The van der Waals surface area contributed by atoms with Crippen molar-refractivity contribution in [3.63, 3.8) is 0 Å². The van der Waals surface area contributed by atoms with Crippen molar-refractivity contribution in [2.45, 2.75) is 40.2 Å². The summed E-state index contributed by atoms with van der Waals surface area (Å²) in [4.78, 5) is 15.9. The van der Waals surface area contributed by atoms with Gasteiger partial charge >= 0.3 is 0 Å². The van der Waals surface area contributed by atoms with E-state index in [4.69, 9.17) is 0 Å². The Morgan fingerprint density at radius 1 is 1.50 bits per heavy atom. The van der Waals surface area contributed by atoms with Gasteiger partial charge in [0.05, 0.1) is 6.54 Å². The van der Waals surface area contributed by atoms with E-state index in [1.165, 1.54) is 0 Å². The molecule has 0 bridgehead atoms. The van der Waals surface area contributed by atoms with Crippen LogP contribution in [0.2, 0.25) is 0 Å². The summed E-state index contributed by atoms with van der Waals surface area (Å²) < 4.78 is 0. The fraction of sp³-hybridized carbons (Fsp3) is 0.846. The monoisotopic (exact) mass is 271 g/mol.